The Hall–Kier alpha value is -3.02. The van der Waals surface area contributed by atoms with Crippen LogP contribution in [0.25, 0.3) is 11.1 Å². The van der Waals surface area contributed by atoms with Crippen molar-refractivity contribution in [2.75, 3.05) is 13.6 Å². The van der Waals surface area contributed by atoms with Gasteiger partial charge in [-0.2, -0.15) is 0 Å². The highest BCUT2D eigenvalue weighted by Crippen LogP contribution is 2.26. The number of nitroso groups, excluding NO2 is 1. The van der Waals surface area contributed by atoms with E-state index in [1.165, 1.54) is 0 Å². The first-order chi connectivity index (χ1) is 11.0. The van der Waals surface area contributed by atoms with Crippen LogP contribution in [0.5, 0.6) is 0 Å². The number of amides is 1. The SMILES string of the molecule is C=C(CNC(=O)c1ncc(-c2ccc(C)cc2)cc1N=O)NC. The van der Waals surface area contributed by atoms with Crippen molar-refractivity contribution in [1.29, 1.82) is 0 Å². The van der Waals surface area contributed by atoms with Crippen LogP contribution in [0.1, 0.15) is 16.1 Å². The summed E-state index contributed by atoms with van der Waals surface area (Å²) in [7, 11) is 1.71. The molecule has 0 saturated heterocycles. The third-order valence-electron chi connectivity index (χ3n) is 3.38. The van der Waals surface area contributed by atoms with E-state index in [-0.39, 0.29) is 17.9 Å². The van der Waals surface area contributed by atoms with E-state index >= 15 is 0 Å². The Labute approximate surface area is 134 Å². The first-order valence-corrected chi connectivity index (χ1v) is 7.09. The second-order valence-electron chi connectivity index (χ2n) is 5.09. The average molecular weight is 310 g/mol. The summed E-state index contributed by atoms with van der Waals surface area (Å²) in [5, 5.41) is 8.38. The number of carbonyl (C=O) groups is 1. The number of hydrogen-bond donors (Lipinski definition) is 2. The van der Waals surface area contributed by atoms with Crippen LogP contribution >= 0.6 is 0 Å². The maximum atomic E-state index is 12.1. The predicted molar refractivity (Wildman–Crippen MR) is 90.4 cm³/mol. The monoisotopic (exact) mass is 310 g/mol. The first kappa shape index (κ1) is 16.4. The number of hydrogen-bond acceptors (Lipinski definition) is 5. The van der Waals surface area contributed by atoms with E-state index in [1.807, 2.05) is 31.2 Å². The standard InChI is InChI=1S/C17H18N4O2/c1-11-4-6-13(7-5-11)14-8-15(21-23)16(19-10-14)17(22)20-9-12(2)18-3/h4-8,10,18H,2,9H2,1,3H3,(H,20,22). The van der Waals surface area contributed by atoms with Crippen LogP contribution in [-0.4, -0.2) is 24.5 Å². The van der Waals surface area contributed by atoms with Gasteiger partial charge in [0.05, 0.1) is 6.54 Å². The molecule has 0 fully saturated rings. The Morgan fingerprint density at radius 1 is 1.26 bits per heavy atom. The van der Waals surface area contributed by atoms with Crippen LogP contribution in [-0.2, 0) is 0 Å². The van der Waals surface area contributed by atoms with Crippen molar-refractivity contribution in [2.24, 2.45) is 5.18 Å². The molecule has 6 nitrogen and oxygen atoms in total. The Morgan fingerprint density at radius 3 is 2.57 bits per heavy atom. The summed E-state index contributed by atoms with van der Waals surface area (Å²) in [5.41, 5.74) is 3.43. The Kier molecular flexibility index (Phi) is 5.19. The van der Waals surface area contributed by atoms with Gasteiger partial charge in [0.15, 0.2) is 5.69 Å². The zero-order valence-electron chi connectivity index (χ0n) is 13.1. The van der Waals surface area contributed by atoms with Crippen molar-refractivity contribution in [1.82, 2.24) is 15.6 Å². The Balaban J connectivity index is 2.26. The van der Waals surface area contributed by atoms with E-state index < -0.39 is 5.91 Å². The van der Waals surface area contributed by atoms with Crippen molar-refractivity contribution >= 4 is 11.6 Å². The van der Waals surface area contributed by atoms with Gasteiger partial charge in [0, 0.05) is 24.5 Å². The molecule has 0 aliphatic heterocycles. The van der Waals surface area contributed by atoms with Gasteiger partial charge in [-0.15, -0.1) is 4.91 Å². The third-order valence-corrected chi connectivity index (χ3v) is 3.38. The second kappa shape index (κ2) is 7.31. The van der Waals surface area contributed by atoms with Gasteiger partial charge in [0.2, 0.25) is 0 Å². The number of rotatable bonds is 6. The molecule has 0 bridgehead atoms. The van der Waals surface area contributed by atoms with Crippen molar-refractivity contribution in [3.05, 3.63) is 65.0 Å². The number of likely N-dealkylation sites (N-methyl/N-ethyl adjacent to an activating group) is 1. The third kappa shape index (κ3) is 4.00. The molecule has 118 valence electrons. The zero-order valence-corrected chi connectivity index (χ0v) is 13.1. The summed E-state index contributed by atoms with van der Waals surface area (Å²) < 4.78 is 0. The minimum Gasteiger partial charge on any atom is -0.390 e. The van der Waals surface area contributed by atoms with Crippen LogP contribution < -0.4 is 10.6 Å². The van der Waals surface area contributed by atoms with Gasteiger partial charge in [-0.05, 0) is 23.7 Å². The minimum atomic E-state index is -0.466. The first-order valence-electron chi connectivity index (χ1n) is 7.09. The van der Waals surface area contributed by atoms with E-state index in [2.05, 4.69) is 27.4 Å². The van der Waals surface area contributed by atoms with Crippen molar-refractivity contribution < 1.29 is 4.79 Å². The number of benzene rings is 1. The lowest BCUT2D eigenvalue weighted by Crippen LogP contribution is -2.29. The topological polar surface area (TPSA) is 83.5 Å². The summed E-state index contributed by atoms with van der Waals surface area (Å²) in [5.74, 6) is -0.466. The van der Waals surface area contributed by atoms with Crippen molar-refractivity contribution in [3.8, 4) is 11.1 Å². The average Bonchev–Trinajstić information content (AvgIpc) is 2.59. The molecule has 0 saturated carbocycles. The molecule has 1 aromatic heterocycles. The molecule has 0 aliphatic carbocycles. The summed E-state index contributed by atoms with van der Waals surface area (Å²) in [4.78, 5) is 27.3. The fraction of sp³-hybridized carbons (Fsp3) is 0.176. The van der Waals surface area contributed by atoms with E-state index in [0.717, 1.165) is 16.7 Å². The number of aromatic nitrogens is 1. The van der Waals surface area contributed by atoms with E-state index in [1.54, 1.807) is 19.3 Å². The van der Waals surface area contributed by atoms with Gasteiger partial charge in [0.1, 0.15) is 5.69 Å². The molecule has 1 aromatic carbocycles. The predicted octanol–water partition coefficient (Wildman–Crippen LogP) is 2.92. The van der Waals surface area contributed by atoms with Crippen LogP contribution in [0.4, 0.5) is 5.69 Å². The molecule has 0 spiro atoms. The summed E-state index contributed by atoms with van der Waals surface area (Å²) in [6.45, 7) is 5.95. The Morgan fingerprint density at radius 2 is 1.96 bits per heavy atom. The fourth-order valence-electron chi connectivity index (χ4n) is 1.96. The number of carbonyl (C=O) groups excluding carboxylic acids is 1. The number of nitrogens with zero attached hydrogens (tertiary/aromatic N) is 2. The van der Waals surface area contributed by atoms with Crippen molar-refractivity contribution in [3.63, 3.8) is 0 Å². The maximum Gasteiger partial charge on any atom is 0.272 e. The molecule has 2 rings (SSSR count). The lowest BCUT2D eigenvalue weighted by Gasteiger charge is -2.09. The summed E-state index contributed by atoms with van der Waals surface area (Å²) in [6, 6.07) is 9.35. The zero-order chi connectivity index (χ0) is 16.8. The largest absolute Gasteiger partial charge is 0.390 e. The molecule has 2 N–H and O–H groups in total. The molecular weight excluding hydrogens is 292 g/mol. The highest BCUT2D eigenvalue weighted by Gasteiger charge is 2.15. The van der Waals surface area contributed by atoms with Gasteiger partial charge < -0.3 is 10.6 Å². The van der Waals surface area contributed by atoms with Crippen LogP contribution in [0, 0.1) is 11.8 Å². The van der Waals surface area contributed by atoms with Crippen LogP contribution in [0.15, 0.2) is 54.0 Å². The number of aryl methyl sites for hydroxylation is 1. The Bertz CT molecular complexity index is 739. The molecule has 0 radical (unpaired) electrons. The molecule has 0 aliphatic rings. The second-order valence-corrected chi connectivity index (χ2v) is 5.09. The van der Waals surface area contributed by atoms with Gasteiger partial charge in [-0.1, -0.05) is 36.4 Å². The highest BCUT2D eigenvalue weighted by atomic mass is 16.3. The van der Waals surface area contributed by atoms with Crippen LogP contribution in [0.3, 0.4) is 0 Å². The number of nitrogens with one attached hydrogen (secondary N) is 2. The summed E-state index contributed by atoms with van der Waals surface area (Å²) >= 11 is 0. The van der Waals surface area contributed by atoms with E-state index in [4.69, 9.17) is 0 Å². The lowest BCUT2D eigenvalue weighted by molar-refractivity contribution is 0.0952. The quantitative estimate of drug-likeness (QED) is 0.804. The van der Waals surface area contributed by atoms with Gasteiger partial charge in [-0.25, -0.2) is 4.98 Å². The van der Waals surface area contributed by atoms with Crippen LogP contribution in [0.2, 0.25) is 0 Å². The molecule has 6 heteroatoms. The lowest BCUT2D eigenvalue weighted by atomic mass is 10.0. The number of pyridine rings is 1. The smallest absolute Gasteiger partial charge is 0.272 e. The molecule has 2 aromatic rings. The normalized spacial score (nSPS) is 10.0. The minimum absolute atomic E-state index is 0.000218. The molecule has 1 heterocycles. The van der Waals surface area contributed by atoms with Gasteiger partial charge in [0.25, 0.3) is 5.91 Å². The summed E-state index contributed by atoms with van der Waals surface area (Å²) in [6.07, 6.45) is 1.56. The fourth-order valence-corrected chi connectivity index (χ4v) is 1.96. The molecule has 1 amide bonds. The van der Waals surface area contributed by atoms with E-state index in [9.17, 15) is 9.70 Å². The van der Waals surface area contributed by atoms with Crippen molar-refractivity contribution in [2.45, 2.75) is 6.92 Å². The maximum absolute atomic E-state index is 12.1. The molecule has 0 unspecified atom stereocenters. The molecule has 23 heavy (non-hydrogen) atoms. The molecule has 0 atom stereocenters. The molecular formula is C17H18N4O2. The highest BCUT2D eigenvalue weighted by molar-refractivity contribution is 5.97. The van der Waals surface area contributed by atoms with E-state index in [0.29, 0.717) is 5.70 Å². The van der Waals surface area contributed by atoms with Gasteiger partial charge >= 0.3 is 0 Å². The van der Waals surface area contributed by atoms with Gasteiger partial charge in [-0.3, -0.25) is 4.79 Å².